The standard InChI is InChI=1S/C11H9FN2O/c1-7-4-8(6-9(12)5-7)10(15)11-13-2-3-14-11/h2-6H,1H3,(H,13,14). The summed E-state index contributed by atoms with van der Waals surface area (Å²) in [4.78, 5) is 18.3. The number of benzene rings is 1. The summed E-state index contributed by atoms with van der Waals surface area (Å²) in [6.45, 7) is 1.74. The Morgan fingerprint density at radius 1 is 1.40 bits per heavy atom. The van der Waals surface area contributed by atoms with E-state index in [1.165, 1.54) is 18.3 Å². The second-order valence-corrected chi connectivity index (χ2v) is 3.28. The number of halogens is 1. The van der Waals surface area contributed by atoms with Gasteiger partial charge in [-0.25, -0.2) is 9.37 Å². The first-order chi connectivity index (χ1) is 7.16. The Morgan fingerprint density at radius 2 is 2.20 bits per heavy atom. The van der Waals surface area contributed by atoms with E-state index in [4.69, 9.17) is 0 Å². The van der Waals surface area contributed by atoms with Crippen molar-refractivity contribution in [2.24, 2.45) is 0 Å². The first-order valence-corrected chi connectivity index (χ1v) is 4.48. The number of nitrogens with one attached hydrogen (secondary N) is 1. The third kappa shape index (κ3) is 1.93. The zero-order valence-electron chi connectivity index (χ0n) is 8.12. The number of aromatic amines is 1. The van der Waals surface area contributed by atoms with Crippen LogP contribution in [0.25, 0.3) is 0 Å². The van der Waals surface area contributed by atoms with Gasteiger partial charge in [0.05, 0.1) is 0 Å². The van der Waals surface area contributed by atoms with Crippen molar-refractivity contribution in [3.63, 3.8) is 0 Å². The molecule has 1 aromatic carbocycles. The fraction of sp³-hybridized carbons (Fsp3) is 0.0909. The predicted molar refractivity (Wildman–Crippen MR) is 53.2 cm³/mol. The van der Waals surface area contributed by atoms with Crippen LogP contribution in [0.4, 0.5) is 4.39 Å². The molecule has 0 atom stereocenters. The number of carbonyl (C=O) groups excluding carboxylic acids is 1. The molecule has 1 heterocycles. The Kier molecular flexibility index (Phi) is 2.33. The van der Waals surface area contributed by atoms with Crippen LogP contribution in [0.15, 0.2) is 30.6 Å². The third-order valence-electron chi connectivity index (χ3n) is 2.02. The van der Waals surface area contributed by atoms with Crippen LogP contribution in [0.3, 0.4) is 0 Å². The third-order valence-corrected chi connectivity index (χ3v) is 2.02. The van der Waals surface area contributed by atoms with Crippen LogP contribution < -0.4 is 0 Å². The van der Waals surface area contributed by atoms with E-state index < -0.39 is 5.82 Å². The highest BCUT2D eigenvalue weighted by Gasteiger charge is 2.12. The molecule has 0 aliphatic heterocycles. The van der Waals surface area contributed by atoms with Crippen LogP contribution in [-0.2, 0) is 0 Å². The van der Waals surface area contributed by atoms with Gasteiger partial charge >= 0.3 is 0 Å². The molecule has 0 amide bonds. The van der Waals surface area contributed by atoms with Crippen molar-refractivity contribution in [3.05, 3.63) is 53.4 Å². The number of aryl methyl sites for hydroxylation is 1. The number of carbonyl (C=O) groups is 1. The summed E-state index contributed by atoms with van der Waals surface area (Å²) in [6.07, 6.45) is 3.04. The first kappa shape index (κ1) is 9.58. The zero-order valence-corrected chi connectivity index (χ0v) is 8.12. The molecule has 15 heavy (non-hydrogen) atoms. The zero-order chi connectivity index (χ0) is 10.8. The van der Waals surface area contributed by atoms with E-state index in [-0.39, 0.29) is 11.6 Å². The lowest BCUT2D eigenvalue weighted by atomic mass is 10.1. The van der Waals surface area contributed by atoms with E-state index in [0.717, 1.165) is 0 Å². The number of imidazole rings is 1. The molecule has 0 unspecified atom stereocenters. The molecule has 0 saturated heterocycles. The Morgan fingerprint density at radius 3 is 2.80 bits per heavy atom. The maximum Gasteiger partial charge on any atom is 0.228 e. The second-order valence-electron chi connectivity index (χ2n) is 3.28. The Balaban J connectivity index is 2.42. The van der Waals surface area contributed by atoms with Crippen molar-refractivity contribution in [3.8, 4) is 0 Å². The van der Waals surface area contributed by atoms with E-state index >= 15 is 0 Å². The molecule has 0 bridgehead atoms. The fourth-order valence-corrected chi connectivity index (χ4v) is 1.39. The van der Waals surface area contributed by atoms with Gasteiger partial charge in [-0.05, 0) is 30.7 Å². The van der Waals surface area contributed by atoms with Gasteiger partial charge in [0.1, 0.15) is 5.82 Å². The van der Waals surface area contributed by atoms with Gasteiger partial charge in [0, 0.05) is 18.0 Å². The maximum absolute atomic E-state index is 13.0. The minimum Gasteiger partial charge on any atom is -0.342 e. The maximum atomic E-state index is 13.0. The molecule has 0 aliphatic rings. The Labute approximate surface area is 86.0 Å². The Hall–Kier alpha value is -1.97. The molecule has 0 radical (unpaired) electrons. The Bertz CT molecular complexity index is 471. The number of rotatable bonds is 2. The van der Waals surface area contributed by atoms with Crippen molar-refractivity contribution >= 4 is 5.78 Å². The first-order valence-electron chi connectivity index (χ1n) is 4.48. The monoisotopic (exact) mass is 204 g/mol. The van der Waals surface area contributed by atoms with Gasteiger partial charge in [-0.15, -0.1) is 0 Å². The van der Waals surface area contributed by atoms with Crippen molar-refractivity contribution in [2.45, 2.75) is 6.92 Å². The molecule has 2 aromatic rings. The smallest absolute Gasteiger partial charge is 0.228 e. The number of H-pyrrole nitrogens is 1. The van der Waals surface area contributed by atoms with E-state index in [1.54, 1.807) is 19.2 Å². The van der Waals surface area contributed by atoms with E-state index in [9.17, 15) is 9.18 Å². The second kappa shape index (κ2) is 3.65. The van der Waals surface area contributed by atoms with Crippen molar-refractivity contribution in [2.75, 3.05) is 0 Å². The van der Waals surface area contributed by atoms with Crippen molar-refractivity contribution in [1.82, 2.24) is 9.97 Å². The lowest BCUT2D eigenvalue weighted by Crippen LogP contribution is -2.04. The van der Waals surface area contributed by atoms with E-state index in [2.05, 4.69) is 9.97 Å². The van der Waals surface area contributed by atoms with Gasteiger partial charge in [0.25, 0.3) is 0 Å². The van der Waals surface area contributed by atoms with Gasteiger partial charge in [-0.1, -0.05) is 0 Å². The lowest BCUT2D eigenvalue weighted by molar-refractivity contribution is 0.103. The fourth-order valence-electron chi connectivity index (χ4n) is 1.39. The average Bonchev–Trinajstić information content (AvgIpc) is 2.67. The lowest BCUT2D eigenvalue weighted by Gasteiger charge is -2.00. The quantitative estimate of drug-likeness (QED) is 0.761. The highest BCUT2D eigenvalue weighted by Crippen LogP contribution is 2.11. The van der Waals surface area contributed by atoms with Crippen LogP contribution in [0.1, 0.15) is 21.7 Å². The van der Waals surface area contributed by atoms with Crippen molar-refractivity contribution < 1.29 is 9.18 Å². The molecule has 1 aromatic heterocycles. The highest BCUT2D eigenvalue weighted by atomic mass is 19.1. The minimum absolute atomic E-state index is 0.222. The van der Waals surface area contributed by atoms with Gasteiger partial charge in [-0.3, -0.25) is 4.79 Å². The van der Waals surface area contributed by atoms with Crippen LogP contribution >= 0.6 is 0 Å². The molecular weight excluding hydrogens is 195 g/mol. The van der Waals surface area contributed by atoms with Crippen LogP contribution in [0, 0.1) is 12.7 Å². The molecule has 0 aliphatic carbocycles. The molecule has 76 valence electrons. The number of hydrogen-bond donors (Lipinski definition) is 1. The number of nitrogens with zero attached hydrogens (tertiary/aromatic N) is 1. The van der Waals surface area contributed by atoms with Gasteiger partial charge in [0.15, 0.2) is 5.82 Å². The number of hydrogen-bond acceptors (Lipinski definition) is 2. The number of ketones is 1. The molecule has 0 spiro atoms. The van der Waals surface area contributed by atoms with Crippen LogP contribution in [-0.4, -0.2) is 15.8 Å². The molecule has 0 fully saturated rings. The van der Waals surface area contributed by atoms with Gasteiger partial charge in [-0.2, -0.15) is 0 Å². The minimum atomic E-state index is -0.412. The molecular formula is C11H9FN2O. The summed E-state index contributed by atoms with van der Waals surface area (Å²) in [5.41, 5.74) is 1.02. The summed E-state index contributed by atoms with van der Waals surface area (Å²) in [7, 11) is 0. The summed E-state index contributed by atoms with van der Waals surface area (Å²) < 4.78 is 13.0. The molecule has 3 nitrogen and oxygen atoms in total. The molecule has 2 rings (SSSR count). The summed E-state index contributed by atoms with van der Waals surface area (Å²) in [5.74, 6) is -0.493. The predicted octanol–water partition coefficient (Wildman–Crippen LogP) is 2.09. The van der Waals surface area contributed by atoms with Gasteiger partial charge in [0.2, 0.25) is 5.78 Å². The summed E-state index contributed by atoms with van der Waals surface area (Å²) in [6, 6.07) is 4.21. The summed E-state index contributed by atoms with van der Waals surface area (Å²) >= 11 is 0. The van der Waals surface area contributed by atoms with Crippen molar-refractivity contribution in [1.29, 1.82) is 0 Å². The number of aromatic nitrogens is 2. The SMILES string of the molecule is Cc1cc(F)cc(C(=O)c2ncc[nH]2)c1. The molecule has 1 N–H and O–H groups in total. The normalized spacial score (nSPS) is 10.3. The topological polar surface area (TPSA) is 45.8 Å². The van der Waals surface area contributed by atoms with Crippen LogP contribution in [0.2, 0.25) is 0 Å². The molecule has 4 heteroatoms. The summed E-state index contributed by atoms with van der Waals surface area (Å²) in [5, 5.41) is 0. The van der Waals surface area contributed by atoms with Crippen LogP contribution in [0.5, 0.6) is 0 Å². The highest BCUT2D eigenvalue weighted by molar-refractivity contribution is 6.06. The average molecular weight is 204 g/mol. The molecule has 0 saturated carbocycles. The van der Waals surface area contributed by atoms with Gasteiger partial charge < -0.3 is 4.98 Å². The van der Waals surface area contributed by atoms with E-state index in [1.807, 2.05) is 0 Å². The largest absolute Gasteiger partial charge is 0.342 e. The van der Waals surface area contributed by atoms with E-state index in [0.29, 0.717) is 11.1 Å².